The second kappa shape index (κ2) is 5.57. The van der Waals surface area contributed by atoms with Crippen molar-refractivity contribution in [2.45, 2.75) is 38.0 Å². The third-order valence-electron chi connectivity index (χ3n) is 3.86. The van der Waals surface area contributed by atoms with Crippen LogP contribution in [0.1, 0.15) is 37.3 Å². The zero-order valence-electron chi connectivity index (χ0n) is 11.7. The Balaban J connectivity index is 2.31. The minimum atomic E-state index is -4.54. The molecule has 1 saturated heterocycles. The zero-order valence-corrected chi connectivity index (χ0v) is 11.7. The van der Waals surface area contributed by atoms with Crippen molar-refractivity contribution in [3.8, 4) is 6.07 Å². The second-order valence-electron chi connectivity index (χ2n) is 5.68. The minimum absolute atomic E-state index is 0.368. The predicted octanol–water partition coefficient (Wildman–Crippen LogP) is 3.32. The summed E-state index contributed by atoms with van der Waals surface area (Å²) in [4.78, 5) is 1.83. The van der Waals surface area contributed by atoms with Crippen LogP contribution in [0.2, 0.25) is 0 Å². The molecule has 0 spiro atoms. The molecule has 1 fully saturated rings. The Kier molecular flexibility index (Phi) is 4.15. The molecule has 6 heteroatoms. The Morgan fingerprint density at radius 1 is 1.29 bits per heavy atom. The molecule has 0 aromatic heterocycles. The van der Waals surface area contributed by atoms with Gasteiger partial charge in [-0.25, -0.2) is 0 Å². The van der Waals surface area contributed by atoms with E-state index in [4.69, 9.17) is 5.26 Å². The van der Waals surface area contributed by atoms with Crippen LogP contribution >= 0.6 is 0 Å². The van der Waals surface area contributed by atoms with Gasteiger partial charge in [-0.3, -0.25) is 0 Å². The van der Waals surface area contributed by atoms with Gasteiger partial charge in [-0.2, -0.15) is 18.4 Å². The molecule has 1 aliphatic heterocycles. The predicted molar refractivity (Wildman–Crippen MR) is 72.8 cm³/mol. The Labute approximate surface area is 121 Å². The van der Waals surface area contributed by atoms with Crippen LogP contribution in [0.15, 0.2) is 18.2 Å². The van der Waals surface area contributed by atoms with Crippen molar-refractivity contribution >= 4 is 5.69 Å². The van der Waals surface area contributed by atoms with Crippen molar-refractivity contribution < 1.29 is 18.3 Å². The smallest absolute Gasteiger partial charge is 0.390 e. The SMILES string of the molecule is CC1(O)CCCN(c2ccc(C#N)c(C(F)(F)F)c2)CC1. The maximum Gasteiger partial charge on any atom is 0.417 e. The fourth-order valence-electron chi connectivity index (χ4n) is 2.58. The van der Waals surface area contributed by atoms with Gasteiger partial charge in [0.15, 0.2) is 0 Å². The molecule has 0 bridgehead atoms. The van der Waals surface area contributed by atoms with Crippen LogP contribution < -0.4 is 4.90 Å². The minimum Gasteiger partial charge on any atom is -0.390 e. The van der Waals surface area contributed by atoms with Gasteiger partial charge in [0.2, 0.25) is 0 Å². The number of halogens is 3. The lowest BCUT2D eigenvalue weighted by Crippen LogP contribution is -2.28. The maximum atomic E-state index is 13.0. The first-order chi connectivity index (χ1) is 9.73. The molecule has 1 N–H and O–H groups in total. The van der Waals surface area contributed by atoms with E-state index in [-0.39, 0.29) is 5.56 Å². The number of hydrogen-bond donors (Lipinski definition) is 1. The van der Waals surface area contributed by atoms with E-state index in [0.29, 0.717) is 38.0 Å². The number of alkyl halides is 3. The third kappa shape index (κ3) is 3.67. The van der Waals surface area contributed by atoms with E-state index < -0.39 is 17.3 Å². The van der Waals surface area contributed by atoms with Crippen molar-refractivity contribution in [1.82, 2.24) is 0 Å². The topological polar surface area (TPSA) is 47.3 Å². The second-order valence-corrected chi connectivity index (χ2v) is 5.68. The Bertz CT molecular complexity index is 561. The molecule has 21 heavy (non-hydrogen) atoms. The summed E-state index contributed by atoms with van der Waals surface area (Å²) < 4.78 is 38.9. The van der Waals surface area contributed by atoms with E-state index in [1.165, 1.54) is 12.1 Å². The van der Waals surface area contributed by atoms with Crippen LogP contribution in [0, 0.1) is 11.3 Å². The summed E-state index contributed by atoms with van der Waals surface area (Å²) in [6.45, 7) is 2.84. The average Bonchev–Trinajstić information content (AvgIpc) is 2.58. The van der Waals surface area contributed by atoms with Crippen LogP contribution in [-0.4, -0.2) is 23.8 Å². The summed E-state index contributed by atoms with van der Waals surface area (Å²) in [5.41, 5.74) is -1.60. The molecule has 1 heterocycles. The summed E-state index contributed by atoms with van der Waals surface area (Å²) in [6, 6.07) is 5.35. The number of rotatable bonds is 1. The molecular formula is C15H17F3N2O. The summed E-state index contributed by atoms with van der Waals surface area (Å²) in [5, 5.41) is 18.8. The third-order valence-corrected chi connectivity index (χ3v) is 3.86. The molecule has 1 unspecified atom stereocenters. The maximum absolute atomic E-state index is 13.0. The van der Waals surface area contributed by atoms with Gasteiger partial charge >= 0.3 is 6.18 Å². The standard InChI is InChI=1S/C15H17F3N2O/c1-14(21)5-2-7-20(8-6-14)12-4-3-11(10-19)13(9-12)15(16,17)18/h3-4,9,21H,2,5-8H2,1H3. The Morgan fingerprint density at radius 2 is 2.00 bits per heavy atom. The highest BCUT2D eigenvalue weighted by molar-refractivity contribution is 5.55. The van der Waals surface area contributed by atoms with Gasteiger partial charge in [-0.15, -0.1) is 0 Å². The molecule has 1 atom stereocenters. The van der Waals surface area contributed by atoms with Gasteiger partial charge in [-0.05, 0) is 44.4 Å². The molecule has 1 aromatic rings. The van der Waals surface area contributed by atoms with Gasteiger partial charge in [0.25, 0.3) is 0 Å². The van der Waals surface area contributed by atoms with Gasteiger partial charge in [-0.1, -0.05) is 0 Å². The van der Waals surface area contributed by atoms with E-state index in [1.54, 1.807) is 13.0 Å². The molecular weight excluding hydrogens is 281 g/mol. The largest absolute Gasteiger partial charge is 0.417 e. The summed E-state index contributed by atoms with van der Waals surface area (Å²) in [6.07, 6.45) is -2.69. The highest BCUT2D eigenvalue weighted by Crippen LogP contribution is 2.35. The van der Waals surface area contributed by atoms with Crippen molar-refractivity contribution in [1.29, 1.82) is 5.26 Å². The zero-order chi connectivity index (χ0) is 15.7. The summed E-state index contributed by atoms with van der Waals surface area (Å²) in [7, 11) is 0. The molecule has 1 aliphatic rings. The van der Waals surface area contributed by atoms with Crippen molar-refractivity contribution in [3.05, 3.63) is 29.3 Å². The lowest BCUT2D eigenvalue weighted by molar-refractivity contribution is -0.137. The molecule has 114 valence electrons. The fraction of sp³-hybridized carbons (Fsp3) is 0.533. The number of nitrogens with zero attached hydrogens (tertiary/aromatic N) is 2. The first kappa shape index (κ1) is 15.6. The van der Waals surface area contributed by atoms with Crippen LogP contribution in [0.5, 0.6) is 0 Å². The molecule has 0 amide bonds. The van der Waals surface area contributed by atoms with Crippen LogP contribution in [0.25, 0.3) is 0 Å². The quantitative estimate of drug-likeness (QED) is 0.865. The van der Waals surface area contributed by atoms with E-state index in [0.717, 1.165) is 6.07 Å². The van der Waals surface area contributed by atoms with Crippen LogP contribution in [0.3, 0.4) is 0 Å². The number of anilines is 1. The molecule has 0 radical (unpaired) electrons. The highest BCUT2D eigenvalue weighted by atomic mass is 19.4. The van der Waals surface area contributed by atoms with Crippen molar-refractivity contribution in [3.63, 3.8) is 0 Å². The number of benzene rings is 1. The van der Waals surface area contributed by atoms with E-state index >= 15 is 0 Å². The molecule has 3 nitrogen and oxygen atoms in total. The monoisotopic (exact) mass is 298 g/mol. The van der Waals surface area contributed by atoms with E-state index in [2.05, 4.69) is 0 Å². The van der Waals surface area contributed by atoms with E-state index in [9.17, 15) is 18.3 Å². The average molecular weight is 298 g/mol. The summed E-state index contributed by atoms with van der Waals surface area (Å²) >= 11 is 0. The van der Waals surface area contributed by atoms with Gasteiger partial charge < -0.3 is 10.0 Å². The Hall–Kier alpha value is -1.74. The lowest BCUT2D eigenvalue weighted by atomic mass is 9.98. The molecule has 2 rings (SSSR count). The number of nitriles is 1. The van der Waals surface area contributed by atoms with Crippen molar-refractivity contribution in [2.75, 3.05) is 18.0 Å². The van der Waals surface area contributed by atoms with Gasteiger partial charge in [0.1, 0.15) is 0 Å². The Morgan fingerprint density at radius 3 is 2.62 bits per heavy atom. The highest BCUT2D eigenvalue weighted by Gasteiger charge is 2.34. The normalized spacial score (nSPS) is 23.5. The fourth-order valence-corrected chi connectivity index (χ4v) is 2.58. The molecule has 0 saturated carbocycles. The lowest BCUT2D eigenvalue weighted by Gasteiger charge is -2.25. The van der Waals surface area contributed by atoms with Gasteiger partial charge in [0, 0.05) is 18.8 Å². The first-order valence-electron chi connectivity index (χ1n) is 6.82. The first-order valence-corrected chi connectivity index (χ1v) is 6.82. The van der Waals surface area contributed by atoms with Gasteiger partial charge in [0.05, 0.1) is 22.8 Å². The molecule has 0 aliphatic carbocycles. The van der Waals surface area contributed by atoms with E-state index in [1.807, 2.05) is 4.90 Å². The number of hydrogen-bond acceptors (Lipinski definition) is 3. The number of aliphatic hydroxyl groups is 1. The van der Waals surface area contributed by atoms with Crippen LogP contribution in [-0.2, 0) is 6.18 Å². The van der Waals surface area contributed by atoms with Crippen LogP contribution in [0.4, 0.5) is 18.9 Å². The molecule has 1 aromatic carbocycles. The van der Waals surface area contributed by atoms with Crippen molar-refractivity contribution in [2.24, 2.45) is 0 Å². The summed E-state index contributed by atoms with van der Waals surface area (Å²) in [5.74, 6) is 0.